The van der Waals surface area contributed by atoms with E-state index in [1.54, 1.807) is 0 Å². The van der Waals surface area contributed by atoms with Gasteiger partial charge < -0.3 is 5.32 Å². The van der Waals surface area contributed by atoms with Gasteiger partial charge in [-0.05, 0) is 36.1 Å². The molecule has 106 valence electrons. The second kappa shape index (κ2) is 5.96. The zero-order valence-corrected chi connectivity index (χ0v) is 11.8. The van der Waals surface area contributed by atoms with Crippen LogP contribution in [0.15, 0.2) is 0 Å². The molecular formula is C13H24N6. The first kappa shape index (κ1) is 13.0. The van der Waals surface area contributed by atoms with Crippen LogP contribution in [0.4, 0.5) is 0 Å². The van der Waals surface area contributed by atoms with Crippen LogP contribution in [-0.4, -0.2) is 57.3 Å². The number of piperazine rings is 1. The monoisotopic (exact) mass is 264 g/mol. The van der Waals surface area contributed by atoms with Crippen LogP contribution in [0.5, 0.6) is 0 Å². The summed E-state index contributed by atoms with van der Waals surface area (Å²) in [5.41, 5.74) is 0. The van der Waals surface area contributed by atoms with Crippen molar-refractivity contribution in [1.82, 2.24) is 30.4 Å². The van der Waals surface area contributed by atoms with Crippen molar-refractivity contribution in [2.45, 2.75) is 45.2 Å². The van der Waals surface area contributed by atoms with Gasteiger partial charge in [0.05, 0.1) is 0 Å². The fraction of sp³-hybridized carbons (Fsp3) is 0.923. The van der Waals surface area contributed by atoms with Crippen LogP contribution >= 0.6 is 0 Å². The van der Waals surface area contributed by atoms with Crippen LogP contribution in [0.1, 0.15) is 31.5 Å². The Morgan fingerprint density at radius 3 is 2.74 bits per heavy atom. The predicted molar refractivity (Wildman–Crippen MR) is 72.7 cm³/mol. The summed E-state index contributed by atoms with van der Waals surface area (Å²) in [5, 5.41) is 15.3. The van der Waals surface area contributed by atoms with Gasteiger partial charge in [0.1, 0.15) is 5.82 Å². The summed E-state index contributed by atoms with van der Waals surface area (Å²) >= 11 is 0. The highest BCUT2D eigenvalue weighted by Gasteiger charge is 2.31. The lowest BCUT2D eigenvalue weighted by molar-refractivity contribution is 0.0800. The molecule has 3 rings (SSSR count). The number of nitrogens with zero attached hydrogens (tertiary/aromatic N) is 5. The lowest BCUT2D eigenvalue weighted by Gasteiger charge is -2.42. The minimum absolute atomic E-state index is 0.703. The zero-order chi connectivity index (χ0) is 13.1. The normalized spacial score (nSPS) is 29.5. The molecule has 2 aliphatic rings. The topological polar surface area (TPSA) is 58.9 Å². The highest BCUT2D eigenvalue weighted by Crippen LogP contribution is 2.30. The lowest BCUT2D eigenvalue weighted by Crippen LogP contribution is -2.52. The largest absolute Gasteiger partial charge is 0.314 e. The molecule has 1 unspecified atom stereocenters. The standard InChI is InChI=1S/C13H24N6/c1-11-15-16-17-19(11)10-12-4-2-3-5-13(12)18-8-6-14-7-9-18/h12-14H,2-10H2,1H3/t12?,13-/m1/s1. The van der Waals surface area contributed by atoms with Gasteiger partial charge in [0.2, 0.25) is 0 Å². The Morgan fingerprint density at radius 2 is 2.00 bits per heavy atom. The van der Waals surface area contributed by atoms with Gasteiger partial charge in [-0.3, -0.25) is 4.90 Å². The Hall–Kier alpha value is -1.01. The number of hydrogen-bond acceptors (Lipinski definition) is 5. The molecule has 2 atom stereocenters. The van der Waals surface area contributed by atoms with Crippen molar-refractivity contribution in [2.75, 3.05) is 26.2 Å². The van der Waals surface area contributed by atoms with Gasteiger partial charge in [0.25, 0.3) is 0 Å². The Labute approximate surface area is 114 Å². The average molecular weight is 264 g/mol. The third kappa shape index (κ3) is 2.95. The van der Waals surface area contributed by atoms with E-state index in [9.17, 15) is 0 Å². The van der Waals surface area contributed by atoms with Crippen molar-refractivity contribution < 1.29 is 0 Å². The molecule has 1 aromatic rings. The SMILES string of the molecule is Cc1nnnn1CC1CCCC[C@H]1N1CCNCC1. The minimum Gasteiger partial charge on any atom is -0.314 e. The molecular weight excluding hydrogens is 240 g/mol. The second-order valence-electron chi connectivity index (χ2n) is 5.81. The van der Waals surface area contributed by atoms with Crippen LogP contribution in [-0.2, 0) is 6.54 Å². The molecule has 0 spiro atoms. The predicted octanol–water partition coefficient (Wildman–Crippen LogP) is 0.446. The van der Waals surface area contributed by atoms with Gasteiger partial charge in [-0.25, -0.2) is 4.68 Å². The van der Waals surface area contributed by atoms with Crippen molar-refractivity contribution in [2.24, 2.45) is 5.92 Å². The first-order chi connectivity index (χ1) is 9.34. The summed E-state index contributed by atoms with van der Waals surface area (Å²) in [6.07, 6.45) is 5.38. The van der Waals surface area contributed by atoms with Gasteiger partial charge in [-0.2, -0.15) is 0 Å². The van der Waals surface area contributed by atoms with E-state index < -0.39 is 0 Å². The molecule has 1 saturated heterocycles. The van der Waals surface area contributed by atoms with Crippen molar-refractivity contribution >= 4 is 0 Å². The quantitative estimate of drug-likeness (QED) is 0.859. The summed E-state index contributed by atoms with van der Waals surface area (Å²) in [7, 11) is 0. The van der Waals surface area contributed by atoms with Gasteiger partial charge in [0, 0.05) is 38.8 Å². The van der Waals surface area contributed by atoms with E-state index in [1.807, 2.05) is 11.6 Å². The maximum atomic E-state index is 4.11. The second-order valence-corrected chi connectivity index (χ2v) is 5.81. The Balaban J connectivity index is 1.68. The molecule has 19 heavy (non-hydrogen) atoms. The molecule has 0 aromatic carbocycles. The van der Waals surface area contributed by atoms with E-state index >= 15 is 0 Å². The lowest BCUT2D eigenvalue weighted by atomic mass is 9.83. The molecule has 0 radical (unpaired) electrons. The first-order valence-electron chi connectivity index (χ1n) is 7.52. The number of aryl methyl sites for hydroxylation is 1. The highest BCUT2D eigenvalue weighted by atomic mass is 15.5. The first-order valence-corrected chi connectivity index (χ1v) is 7.52. The molecule has 1 aliphatic heterocycles. The van der Waals surface area contributed by atoms with Crippen LogP contribution < -0.4 is 5.32 Å². The van der Waals surface area contributed by atoms with Crippen molar-refractivity contribution in [1.29, 1.82) is 0 Å². The molecule has 0 amide bonds. The summed E-state index contributed by atoms with van der Waals surface area (Å²) < 4.78 is 1.98. The van der Waals surface area contributed by atoms with Crippen LogP contribution in [0.2, 0.25) is 0 Å². The minimum atomic E-state index is 0.703. The highest BCUT2D eigenvalue weighted by molar-refractivity contribution is 4.87. The summed E-state index contributed by atoms with van der Waals surface area (Å²) in [6.45, 7) is 7.61. The summed E-state index contributed by atoms with van der Waals surface area (Å²) in [5.74, 6) is 1.64. The Bertz CT molecular complexity index is 398. The number of hydrogen-bond donors (Lipinski definition) is 1. The van der Waals surface area contributed by atoms with Gasteiger partial charge >= 0.3 is 0 Å². The maximum absolute atomic E-state index is 4.11. The molecule has 0 bridgehead atoms. The fourth-order valence-corrected chi connectivity index (χ4v) is 3.54. The van der Waals surface area contributed by atoms with Gasteiger partial charge in [-0.1, -0.05) is 12.8 Å². The molecule has 6 heteroatoms. The molecule has 2 fully saturated rings. The van der Waals surface area contributed by atoms with Crippen molar-refractivity contribution in [3.8, 4) is 0 Å². The van der Waals surface area contributed by atoms with E-state index in [4.69, 9.17) is 0 Å². The van der Waals surface area contributed by atoms with E-state index in [-0.39, 0.29) is 0 Å². The fourth-order valence-electron chi connectivity index (χ4n) is 3.54. The van der Waals surface area contributed by atoms with Gasteiger partial charge in [-0.15, -0.1) is 5.10 Å². The van der Waals surface area contributed by atoms with Crippen molar-refractivity contribution in [3.05, 3.63) is 5.82 Å². The number of aromatic nitrogens is 4. The molecule has 2 heterocycles. The average Bonchev–Trinajstić information content (AvgIpc) is 2.86. The summed E-state index contributed by atoms with van der Waals surface area (Å²) in [6, 6.07) is 0.722. The van der Waals surface area contributed by atoms with E-state index in [0.29, 0.717) is 5.92 Å². The van der Waals surface area contributed by atoms with E-state index in [1.165, 1.54) is 38.8 Å². The third-order valence-electron chi connectivity index (χ3n) is 4.61. The van der Waals surface area contributed by atoms with E-state index in [0.717, 1.165) is 31.5 Å². The third-order valence-corrected chi connectivity index (χ3v) is 4.61. The molecule has 1 aliphatic carbocycles. The molecule has 1 aromatic heterocycles. The maximum Gasteiger partial charge on any atom is 0.148 e. The summed E-state index contributed by atoms with van der Waals surface area (Å²) in [4.78, 5) is 2.68. The Kier molecular flexibility index (Phi) is 4.08. The van der Waals surface area contributed by atoms with Crippen LogP contribution in [0, 0.1) is 12.8 Å². The van der Waals surface area contributed by atoms with Gasteiger partial charge in [0.15, 0.2) is 0 Å². The molecule has 6 nitrogen and oxygen atoms in total. The number of rotatable bonds is 3. The molecule has 1 N–H and O–H groups in total. The van der Waals surface area contributed by atoms with E-state index in [2.05, 4.69) is 25.7 Å². The number of nitrogens with one attached hydrogen (secondary N) is 1. The number of tetrazole rings is 1. The van der Waals surface area contributed by atoms with Crippen molar-refractivity contribution in [3.63, 3.8) is 0 Å². The smallest absolute Gasteiger partial charge is 0.148 e. The zero-order valence-electron chi connectivity index (χ0n) is 11.8. The van der Waals surface area contributed by atoms with Crippen LogP contribution in [0.25, 0.3) is 0 Å². The Morgan fingerprint density at radius 1 is 1.21 bits per heavy atom. The van der Waals surface area contributed by atoms with Crippen LogP contribution in [0.3, 0.4) is 0 Å². The molecule has 1 saturated carbocycles.